The van der Waals surface area contributed by atoms with Gasteiger partial charge in [-0.3, -0.25) is 4.90 Å². The first kappa shape index (κ1) is 19.6. The Kier molecular flexibility index (Phi) is 6.95. The summed E-state index contributed by atoms with van der Waals surface area (Å²) in [5, 5.41) is 11.1. The molecule has 0 spiro atoms. The fraction of sp³-hybridized carbons (Fsp3) is 0.400. The number of rotatable bonds is 6. The summed E-state index contributed by atoms with van der Waals surface area (Å²) in [5.41, 5.74) is 1.15. The molecule has 1 fully saturated rings. The Labute approximate surface area is 167 Å². The summed E-state index contributed by atoms with van der Waals surface area (Å²) in [6.07, 6.45) is -0.571. The molecule has 3 atom stereocenters. The lowest BCUT2D eigenvalue weighted by Gasteiger charge is -2.40. The number of benzene rings is 2. The van der Waals surface area contributed by atoms with Crippen molar-refractivity contribution < 1.29 is 14.6 Å². The predicted octanol–water partition coefficient (Wildman–Crippen LogP) is 4.30. The van der Waals surface area contributed by atoms with E-state index in [2.05, 4.69) is 39.9 Å². The van der Waals surface area contributed by atoms with Crippen molar-refractivity contribution in [3.05, 3.63) is 63.6 Å². The van der Waals surface area contributed by atoms with Gasteiger partial charge < -0.3 is 14.6 Å². The van der Waals surface area contributed by atoms with Crippen LogP contribution in [0.5, 0.6) is 5.75 Å². The summed E-state index contributed by atoms with van der Waals surface area (Å²) >= 11 is 9.33. The van der Waals surface area contributed by atoms with Gasteiger partial charge in [0.1, 0.15) is 18.5 Å². The van der Waals surface area contributed by atoms with Crippen molar-refractivity contribution in [3.63, 3.8) is 0 Å². The van der Waals surface area contributed by atoms with E-state index in [-0.39, 0.29) is 18.8 Å². The topological polar surface area (TPSA) is 41.9 Å². The predicted molar refractivity (Wildman–Crippen MR) is 107 cm³/mol. The van der Waals surface area contributed by atoms with Gasteiger partial charge in [-0.2, -0.15) is 0 Å². The largest absolute Gasteiger partial charge is 0.491 e. The number of β-amino-alcohol motifs (C(OH)–C–C–N with tert-alkyl or cyclic N) is 1. The molecule has 0 radical (unpaired) electrons. The van der Waals surface area contributed by atoms with Gasteiger partial charge in [-0.15, -0.1) is 0 Å². The van der Waals surface area contributed by atoms with Gasteiger partial charge in [0.15, 0.2) is 0 Å². The fourth-order valence-electron chi connectivity index (χ4n) is 3.16. The molecule has 1 aliphatic heterocycles. The molecule has 0 bridgehead atoms. The van der Waals surface area contributed by atoms with Crippen molar-refractivity contribution in [1.82, 2.24) is 4.90 Å². The molecule has 1 N–H and O–H groups in total. The number of aliphatic hydroxyl groups excluding tert-OH is 1. The van der Waals surface area contributed by atoms with Crippen molar-refractivity contribution >= 4 is 27.5 Å². The minimum atomic E-state index is -0.572. The summed E-state index contributed by atoms with van der Waals surface area (Å²) < 4.78 is 12.7. The molecule has 0 amide bonds. The average molecular weight is 441 g/mol. The molecule has 0 aromatic heterocycles. The van der Waals surface area contributed by atoms with Gasteiger partial charge in [0.05, 0.1) is 12.7 Å². The van der Waals surface area contributed by atoms with Crippen LogP contribution in [0.15, 0.2) is 53.0 Å². The summed E-state index contributed by atoms with van der Waals surface area (Å²) in [5.74, 6) is 0.705. The first-order chi connectivity index (χ1) is 12.5. The third-order valence-electron chi connectivity index (χ3n) is 4.59. The van der Waals surface area contributed by atoms with Crippen LogP contribution in [0.3, 0.4) is 0 Å². The van der Waals surface area contributed by atoms with E-state index in [1.807, 2.05) is 12.1 Å². The van der Waals surface area contributed by atoms with E-state index in [4.69, 9.17) is 21.1 Å². The van der Waals surface area contributed by atoms with E-state index in [9.17, 15) is 5.11 Å². The second-order valence-corrected chi connectivity index (χ2v) is 7.85. The lowest BCUT2D eigenvalue weighted by atomic mass is 10.0. The Balaban J connectivity index is 1.54. The molecule has 0 aliphatic carbocycles. The highest BCUT2D eigenvalue weighted by atomic mass is 79.9. The summed E-state index contributed by atoms with van der Waals surface area (Å²) in [7, 11) is 0. The lowest BCUT2D eigenvalue weighted by molar-refractivity contribution is -0.0804. The Morgan fingerprint density at radius 3 is 2.62 bits per heavy atom. The second-order valence-electron chi connectivity index (χ2n) is 6.50. The highest BCUT2D eigenvalue weighted by Gasteiger charge is 2.31. The number of morpholine rings is 1. The Morgan fingerprint density at radius 2 is 1.92 bits per heavy atom. The molecule has 1 saturated heterocycles. The van der Waals surface area contributed by atoms with Gasteiger partial charge >= 0.3 is 0 Å². The molecule has 3 rings (SSSR count). The van der Waals surface area contributed by atoms with Gasteiger partial charge in [0.25, 0.3) is 0 Å². The van der Waals surface area contributed by atoms with Crippen LogP contribution in [-0.2, 0) is 4.74 Å². The van der Waals surface area contributed by atoms with E-state index in [0.717, 1.165) is 16.6 Å². The quantitative estimate of drug-likeness (QED) is 0.727. The van der Waals surface area contributed by atoms with Crippen molar-refractivity contribution in [2.75, 3.05) is 26.3 Å². The first-order valence-corrected chi connectivity index (χ1v) is 9.87. The van der Waals surface area contributed by atoms with Crippen LogP contribution in [-0.4, -0.2) is 48.5 Å². The molecule has 1 aliphatic rings. The molecule has 4 nitrogen and oxygen atoms in total. The monoisotopic (exact) mass is 439 g/mol. The minimum Gasteiger partial charge on any atom is -0.491 e. The molecule has 2 aromatic rings. The highest BCUT2D eigenvalue weighted by molar-refractivity contribution is 9.10. The molecule has 26 heavy (non-hydrogen) atoms. The zero-order valence-corrected chi connectivity index (χ0v) is 17.0. The second kappa shape index (κ2) is 9.20. The number of nitrogens with zero attached hydrogens (tertiary/aromatic N) is 1. The third kappa shape index (κ3) is 5.21. The number of hydrogen-bond donors (Lipinski definition) is 1. The summed E-state index contributed by atoms with van der Waals surface area (Å²) in [4.78, 5) is 2.26. The molecule has 1 heterocycles. The van der Waals surface area contributed by atoms with Crippen LogP contribution in [0.1, 0.15) is 18.6 Å². The smallest absolute Gasteiger partial charge is 0.119 e. The number of halogens is 2. The minimum absolute atomic E-state index is 0.00114. The van der Waals surface area contributed by atoms with E-state index in [1.54, 1.807) is 24.3 Å². The van der Waals surface area contributed by atoms with Crippen molar-refractivity contribution in [3.8, 4) is 5.75 Å². The van der Waals surface area contributed by atoms with E-state index in [1.165, 1.54) is 0 Å². The van der Waals surface area contributed by atoms with Gasteiger partial charge in [-0.25, -0.2) is 0 Å². The number of aliphatic hydroxyl groups is 1. The Hall–Kier alpha value is -1.11. The molecular formula is C20H23BrClNO3. The van der Waals surface area contributed by atoms with Crippen LogP contribution in [0.4, 0.5) is 0 Å². The van der Waals surface area contributed by atoms with Crippen molar-refractivity contribution in [1.29, 1.82) is 0 Å². The number of hydrogen-bond acceptors (Lipinski definition) is 4. The lowest BCUT2D eigenvalue weighted by Crippen LogP contribution is -2.49. The standard InChI is InChI=1S/C20H23BrClNO3/c1-14-20(15-2-4-16(21)5-3-15)25-11-10-23(14)12-18(24)13-26-19-8-6-17(22)7-9-19/h2-9,14,18,20,24H,10-13H2,1H3. The van der Waals surface area contributed by atoms with Gasteiger partial charge in [0, 0.05) is 28.6 Å². The first-order valence-electron chi connectivity index (χ1n) is 8.70. The van der Waals surface area contributed by atoms with Crippen LogP contribution in [0, 0.1) is 0 Å². The SMILES string of the molecule is CC1C(c2ccc(Br)cc2)OCCN1CC(O)COc1ccc(Cl)cc1. The summed E-state index contributed by atoms with van der Waals surface area (Å²) in [6.45, 7) is 4.38. The van der Waals surface area contributed by atoms with Gasteiger partial charge in [-0.05, 0) is 48.9 Å². The zero-order chi connectivity index (χ0) is 18.5. The van der Waals surface area contributed by atoms with E-state index >= 15 is 0 Å². The molecule has 140 valence electrons. The summed E-state index contributed by atoms with van der Waals surface area (Å²) in [6, 6.07) is 15.5. The van der Waals surface area contributed by atoms with Crippen LogP contribution in [0.2, 0.25) is 5.02 Å². The van der Waals surface area contributed by atoms with Gasteiger partial charge in [-0.1, -0.05) is 39.7 Å². The van der Waals surface area contributed by atoms with Crippen molar-refractivity contribution in [2.24, 2.45) is 0 Å². The van der Waals surface area contributed by atoms with Gasteiger partial charge in [0.2, 0.25) is 0 Å². The third-order valence-corrected chi connectivity index (χ3v) is 5.37. The van der Waals surface area contributed by atoms with Crippen molar-refractivity contribution in [2.45, 2.75) is 25.2 Å². The Morgan fingerprint density at radius 1 is 1.23 bits per heavy atom. The maximum Gasteiger partial charge on any atom is 0.119 e. The maximum absolute atomic E-state index is 10.4. The normalized spacial score (nSPS) is 22.2. The number of ether oxygens (including phenoxy) is 2. The van der Waals surface area contributed by atoms with E-state index < -0.39 is 6.10 Å². The zero-order valence-electron chi connectivity index (χ0n) is 14.6. The Bertz CT molecular complexity index is 695. The molecule has 2 aromatic carbocycles. The highest BCUT2D eigenvalue weighted by Crippen LogP contribution is 2.29. The van der Waals surface area contributed by atoms with Crippen LogP contribution in [0.25, 0.3) is 0 Å². The molecule has 0 saturated carbocycles. The van der Waals surface area contributed by atoms with E-state index in [0.29, 0.717) is 23.9 Å². The fourth-order valence-corrected chi connectivity index (χ4v) is 3.55. The molecule has 3 unspecified atom stereocenters. The maximum atomic E-state index is 10.4. The van der Waals surface area contributed by atoms with Crippen LogP contribution < -0.4 is 4.74 Å². The average Bonchev–Trinajstić information content (AvgIpc) is 2.64. The van der Waals surface area contributed by atoms with Crippen LogP contribution >= 0.6 is 27.5 Å². The molecule has 6 heteroatoms. The molecular weight excluding hydrogens is 418 g/mol.